The number of carbonyl (C=O) groups excluding carboxylic acids is 1. The molecule has 0 unspecified atom stereocenters. The van der Waals surface area contributed by atoms with Crippen molar-refractivity contribution in [1.82, 2.24) is 4.90 Å². The molecule has 2 nitrogen and oxygen atoms in total. The van der Waals surface area contributed by atoms with Gasteiger partial charge in [0, 0.05) is 23.0 Å². The summed E-state index contributed by atoms with van der Waals surface area (Å²) in [5, 5.41) is 0. The van der Waals surface area contributed by atoms with Gasteiger partial charge >= 0.3 is 0 Å². The first kappa shape index (κ1) is 13.5. The maximum Gasteiger partial charge on any atom is 0.254 e. The number of hydrogen-bond donors (Lipinski definition) is 1. The Morgan fingerprint density at radius 3 is 2.67 bits per heavy atom. The van der Waals surface area contributed by atoms with Crippen LogP contribution in [0.15, 0.2) is 29.2 Å². The quantitative estimate of drug-likeness (QED) is 0.823. The van der Waals surface area contributed by atoms with Gasteiger partial charge in [-0.2, -0.15) is 0 Å². The van der Waals surface area contributed by atoms with Crippen LogP contribution in [0, 0.1) is 0 Å². The Morgan fingerprint density at radius 1 is 1.33 bits per heavy atom. The van der Waals surface area contributed by atoms with Crippen LogP contribution in [0.2, 0.25) is 0 Å². The van der Waals surface area contributed by atoms with Gasteiger partial charge < -0.3 is 4.90 Å². The van der Waals surface area contributed by atoms with Crippen LogP contribution >= 0.6 is 12.6 Å². The van der Waals surface area contributed by atoms with Crippen molar-refractivity contribution in [1.29, 1.82) is 0 Å². The lowest BCUT2D eigenvalue weighted by atomic mass is 9.93. The van der Waals surface area contributed by atoms with E-state index in [9.17, 15) is 4.79 Å². The van der Waals surface area contributed by atoms with Crippen LogP contribution in [-0.2, 0) is 0 Å². The molecule has 1 fully saturated rings. The number of carbonyl (C=O) groups is 1. The highest BCUT2D eigenvalue weighted by molar-refractivity contribution is 7.80. The molecule has 0 atom stereocenters. The SMILES string of the molecule is CCN(C(=O)c1cccc(S)c1)C1CCCCC1. The summed E-state index contributed by atoms with van der Waals surface area (Å²) >= 11 is 4.30. The summed E-state index contributed by atoms with van der Waals surface area (Å²) in [6.45, 7) is 2.86. The molecule has 2 rings (SSSR count). The second-order valence-electron chi connectivity index (χ2n) is 4.93. The average Bonchev–Trinajstić information content (AvgIpc) is 2.41. The highest BCUT2D eigenvalue weighted by Crippen LogP contribution is 2.24. The number of thiol groups is 1. The molecule has 0 saturated heterocycles. The van der Waals surface area contributed by atoms with Gasteiger partial charge in [0.15, 0.2) is 0 Å². The minimum atomic E-state index is 0.153. The molecule has 0 N–H and O–H groups in total. The van der Waals surface area contributed by atoms with Crippen LogP contribution in [-0.4, -0.2) is 23.4 Å². The van der Waals surface area contributed by atoms with E-state index in [1.54, 1.807) is 0 Å². The Morgan fingerprint density at radius 2 is 2.06 bits per heavy atom. The normalized spacial score (nSPS) is 16.6. The standard InChI is InChI=1S/C15H21NOS/c1-2-16(13-8-4-3-5-9-13)15(17)12-7-6-10-14(18)11-12/h6-7,10-11,13,18H,2-5,8-9H2,1H3. The summed E-state index contributed by atoms with van der Waals surface area (Å²) < 4.78 is 0. The molecule has 1 aliphatic carbocycles. The molecule has 1 aromatic rings. The monoisotopic (exact) mass is 263 g/mol. The molecular weight excluding hydrogens is 242 g/mol. The van der Waals surface area contributed by atoms with Crippen molar-refractivity contribution in [3.8, 4) is 0 Å². The summed E-state index contributed by atoms with van der Waals surface area (Å²) in [5.74, 6) is 0.153. The van der Waals surface area contributed by atoms with Crippen LogP contribution in [0.3, 0.4) is 0 Å². The predicted molar refractivity (Wildman–Crippen MR) is 77.3 cm³/mol. The van der Waals surface area contributed by atoms with Gasteiger partial charge in [-0.15, -0.1) is 12.6 Å². The van der Waals surface area contributed by atoms with Crippen LogP contribution in [0.1, 0.15) is 49.4 Å². The third kappa shape index (κ3) is 3.08. The third-order valence-corrected chi connectivity index (χ3v) is 3.99. The summed E-state index contributed by atoms with van der Waals surface area (Å²) in [4.78, 5) is 15.4. The predicted octanol–water partition coefficient (Wildman–Crippen LogP) is 3.77. The van der Waals surface area contributed by atoms with Crippen LogP contribution in [0.4, 0.5) is 0 Å². The summed E-state index contributed by atoms with van der Waals surface area (Å²) in [6.07, 6.45) is 6.12. The molecule has 1 amide bonds. The zero-order valence-electron chi connectivity index (χ0n) is 10.9. The fourth-order valence-corrected chi connectivity index (χ4v) is 2.99. The molecular formula is C15H21NOS. The average molecular weight is 263 g/mol. The maximum atomic E-state index is 12.5. The fourth-order valence-electron chi connectivity index (χ4n) is 2.77. The lowest BCUT2D eigenvalue weighted by Gasteiger charge is -2.33. The van der Waals surface area contributed by atoms with Crippen molar-refractivity contribution in [2.75, 3.05) is 6.54 Å². The molecule has 1 aromatic carbocycles. The van der Waals surface area contributed by atoms with E-state index in [0.717, 1.165) is 29.8 Å². The first-order valence-corrected chi connectivity index (χ1v) is 7.27. The number of amides is 1. The number of hydrogen-bond acceptors (Lipinski definition) is 2. The van der Waals surface area contributed by atoms with Crippen molar-refractivity contribution >= 4 is 18.5 Å². The van der Waals surface area contributed by atoms with Crippen LogP contribution < -0.4 is 0 Å². The summed E-state index contributed by atoms with van der Waals surface area (Å²) in [5.41, 5.74) is 0.759. The molecule has 0 radical (unpaired) electrons. The Kier molecular flexibility index (Phi) is 4.70. The van der Waals surface area contributed by atoms with E-state index >= 15 is 0 Å². The summed E-state index contributed by atoms with van der Waals surface area (Å²) in [7, 11) is 0. The van der Waals surface area contributed by atoms with E-state index in [1.165, 1.54) is 19.3 Å². The van der Waals surface area contributed by atoms with Gasteiger partial charge in [-0.25, -0.2) is 0 Å². The second kappa shape index (κ2) is 6.28. The highest BCUT2D eigenvalue weighted by atomic mass is 32.1. The van der Waals surface area contributed by atoms with Crippen molar-refractivity contribution in [2.24, 2.45) is 0 Å². The zero-order valence-corrected chi connectivity index (χ0v) is 11.8. The molecule has 0 spiro atoms. The largest absolute Gasteiger partial charge is 0.336 e. The van der Waals surface area contributed by atoms with E-state index < -0.39 is 0 Å². The molecule has 0 aliphatic heterocycles. The maximum absolute atomic E-state index is 12.5. The van der Waals surface area contributed by atoms with Gasteiger partial charge in [0.1, 0.15) is 0 Å². The van der Waals surface area contributed by atoms with E-state index in [-0.39, 0.29) is 5.91 Å². The number of benzene rings is 1. The van der Waals surface area contributed by atoms with Gasteiger partial charge in [-0.05, 0) is 38.0 Å². The zero-order chi connectivity index (χ0) is 13.0. The fraction of sp³-hybridized carbons (Fsp3) is 0.533. The Labute approximate surface area is 115 Å². The van der Waals surface area contributed by atoms with Gasteiger partial charge in [0.2, 0.25) is 0 Å². The Balaban J connectivity index is 2.14. The Hall–Kier alpha value is -0.960. The minimum Gasteiger partial charge on any atom is -0.336 e. The van der Waals surface area contributed by atoms with Gasteiger partial charge in [-0.3, -0.25) is 4.79 Å². The van der Waals surface area contributed by atoms with E-state index in [0.29, 0.717) is 6.04 Å². The molecule has 98 valence electrons. The van der Waals surface area contributed by atoms with Crippen molar-refractivity contribution in [3.63, 3.8) is 0 Å². The van der Waals surface area contributed by atoms with Gasteiger partial charge in [-0.1, -0.05) is 25.3 Å². The molecule has 3 heteroatoms. The van der Waals surface area contributed by atoms with Crippen molar-refractivity contribution in [3.05, 3.63) is 29.8 Å². The first-order chi connectivity index (χ1) is 8.72. The number of rotatable bonds is 3. The summed E-state index contributed by atoms with van der Waals surface area (Å²) in [6, 6.07) is 7.96. The number of nitrogens with zero attached hydrogens (tertiary/aromatic N) is 1. The van der Waals surface area contributed by atoms with E-state index in [4.69, 9.17) is 0 Å². The lowest BCUT2D eigenvalue weighted by molar-refractivity contribution is 0.0647. The van der Waals surface area contributed by atoms with E-state index in [1.807, 2.05) is 29.2 Å². The Bertz CT molecular complexity index is 413. The first-order valence-electron chi connectivity index (χ1n) is 6.82. The molecule has 0 aromatic heterocycles. The molecule has 18 heavy (non-hydrogen) atoms. The minimum absolute atomic E-state index is 0.153. The second-order valence-corrected chi connectivity index (χ2v) is 5.45. The molecule has 1 saturated carbocycles. The lowest BCUT2D eigenvalue weighted by Crippen LogP contribution is -2.41. The van der Waals surface area contributed by atoms with Crippen LogP contribution in [0.25, 0.3) is 0 Å². The van der Waals surface area contributed by atoms with Crippen LogP contribution in [0.5, 0.6) is 0 Å². The van der Waals surface area contributed by atoms with Crippen molar-refractivity contribution < 1.29 is 4.79 Å². The molecule has 0 heterocycles. The highest BCUT2D eigenvalue weighted by Gasteiger charge is 2.24. The topological polar surface area (TPSA) is 20.3 Å². The smallest absolute Gasteiger partial charge is 0.254 e. The van der Waals surface area contributed by atoms with Gasteiger partial charge in [0.25, 0.3) is 5.91 Å². The molecule has 1 aliphatic rings. The van der Waals surface area contributed by atoms with Gasteiger partial charge in [0.05, 0.1) is 0 Å². The van der Waals surface area contributed by atoms with E-state index in [2.05, 4.69) is 19.6 Å². The van der Waals surface area contributed by atoms with Crippen molar-refractivity contribution in [2.45, 2.75) is 50.0 Å². The third-order valence-electron chi connectivity index (χ3n) is 3.71. The molecule has 0 bridgehead atoms.